The molecular formula is C15H13BrClFO2. The van der Waals surface area contributed by atoms with Crippen LogP contribution in [0.5, 0.6) is 5.75 Å². The fourth-order valence-corrected chi connectivity index (χ4v) is 2.46. The molecule has 0 amide bonds. The van der Waals surface area contributed by atoms with Gasteiger partial charge in [0.25, 0.3) is 0 Å². The minimum Gasteiger partial charge on any atom is -0.496 e. The molecule has 5 heteroatoms. The van der Waals surface area contributed by atoms with Crippen molar-refractivity contribution in [2.24, 2.45) is 0 Å². The van der Waals surface area contributed by atoms with Crippen LogP contribution in [0.2, 0.25) is 5.02 Å². The summed E-state index contributed by atoms with van der Waals surface area (Å²) in [6, 6.07) is 9.73. The largest absolute Gasteiger partial charge is 0.496 e. The van der Waals surface area contributed by atoms with E-state index in [4.69, 9.17) is 16.3 Å². The summed E-state index contributed by atoms with van der Waals surface area (Å²) >= 11 is 9.08. The normalized spacial score (nSPS) is 12.2. The Morgan fingerprint density at radius 2 is 2.05 bits per heavy atom. The molecule has 0 heterocycles. The predicted molar refractivity (Wildman–Crippen MR) is 80.8 cm³/mol. The van der Waals surface area contributed by atoms with Crippen LogP contribution in [-0.4, -0.2) is 12.2 Å². The quantitative estimate of drug-likeness (QED) is 0.869. The zero-order valence-corrected chi connectivity index (χ0v) is 13.1. The molecule has 2 aromatic carbocycles. The Labute approximate surface area is 130 Å². The minimum absolute atomic E-state index is 0.164. The monoisotopic (exact) mass is 358 g/mol. The van der Waals surface area contributed by atoms with Crippen molar-refractivity contribution in [2.75, 3.05) is 7.11 Å². The second-order valence-corrected chi connectivity index (χ2v) is 5.69. The third-order valence-electron chi connectivity index (χ3n) is 2.98. The van der Waals surface area contributed by atoms with Crippen LogP contribution in [0.25, 0.3) is 0 Å². The Bertz CT molecular complexity index is 619. The summed E-state index contributed by atoms with van der Waals surface area (Å²) < 4.78 is 19.6. The van der Waals surface area contributed by atoms with Crippen LogP contribution < -0.4 is 4.74 Å². The van der Waals surface area contributed by atoms with Gasteiger partial charge in [-0.2, -0.15) is 0 Å². The Hall–Kier alpha value is -1.10. The van der Waals surface area contributed by atoms with Crippen molar-refractivity contribution < 1.29 is 14.2 Å². The van der Waals surface area contributed by atoms with Crippen LogP contribution in [0.15, 0.2) is 40.9 Å². The molecular weight excluding hydrogens is 347 g/mol. The van der Waals surface area contributed by atoms with E-state index in [2.05, 4.69) is 15.9 Å². The lowest BCUT2D eigenvalue weighted by atomic mass is 10.0. The first-order valence-corrected chi connectivity index (χ1v) is 7.14. The van der Waals surface area contributed by atoms with Crippen LogP contribution in [0.3, 0.4) is 0 Å². The number of ether oxygens (including phenoxy) is 1. The maximum absolute atomic E-state index is 13.8. The van der Waals surface area contributed by atoms with E-state index in [1.54, 1.807) is 30.3 Å². The van der Waals surface area contributed by atoms with E-state index >= 15 is 0 Å². The summed E-state index contributed by atoms with van der Waals surface area (Å²) in [5, 5.41) is 10.8. The van der Waals surface area contributed by atoms with Gasteiger partial charge in [0.15, 0.2) is 0 Å². The van der Waals surface area contributed by atoms with Gasteiger partial charge in [0.1, 0.15) is 11.6 Å². The first-order chi connectivity index (χ1) is 9.51. The summed E-state index contributed by atoms with van der Waals surface area (Å²) in [4.78, 5) is 0. The smallest absolute Gasteiger partial charge is 0.127 e. The Morgan fingerprint density at radius 1 is 1.30 bits per heavy atom. The lowest BCUT2D eigenvalue weighted by molar-refractivity contribution is 0.172. The first-order valence-electron chi connectivity index (χ1n) is 5.96. The number of aliphatic hydroxyl groups is 1. The molecule has 1 N–H and O–H groups in total. The highest BCUT2D eigenvalue weighted by atomic mass is 79.9. The van der Waals surface area contributed by atoms with E-state index in [9.17, 15) is 9.50 Å². The second-order valence-electron chi connectivity index (χ2n) is 4.34. The van der Waals surface area contributed by atoms with Gasteiger partial charge in [-0.15, -0.1) is 0 Å². The molecule has 0 aromatic heterocycles. The highest BCUT2D eigenvalue weighted by molar-refractivity contribution is 9.10. The van der Waals surface area contributed by atoms with Gasteiger partial charge in [-0.05, 0) is 29.8 Å². The number of rotatable bonds is 4. The van der Waals surface area contributed by atoms with Crippen LogP contribution in [0, 0.1) is 5.82 Å². The van der Waals surface area contributed by atoms with Gasteiger partial charge in [-0.25, -0.2) is 4.39 Å². The topological polar surface area (TPSA) is 29.5 Å². The maximum atomic E-state index is 13.8. The van der Waals surface area contributed by atoms with E-state index < -0.39 is 6.10 Å². The zero-order chi connectivity index (χ0) is 14.7. The molecule has 20 heavy (non-hydrogen) atoms. The van der Waals surface area contributed by atoms with Gasteiger partial charge < -0.3 is 9.84 Å². The third-order valence-corrected chi connectivity index (χ3v) is 3.71. The van der Waals surface area contributed by atoms with Gasteiger partial charge in [-0.1, -0.05) is 39.7 Å². The van der Waals surface area contributed by atoms with Crippen molar-refractivity contribution in [3.63, 3.8) is 0 Å². The van der Waals surface area contributed by atoms with Gasteiger partial charge in [0.05, 0.1) is 13.2 Å². The Morgan fingerprint density at radius 3 is 2.70 bits per heavy atom. The van der Waals surface area contributed by atoms with E-state index in [-0.39, 0.29) is 12.2 Å². The van der Waals surface area contributed by atoms with Crippen molar-refractivity contribution in [3.8, 4) is 5.75 Å². The number of halogens is 3. The average Bonchev–Trinajstić information content (AvgIpc) is 2.41. The highest BCUT2D eigenvalue weighted by Crippen LogP contribution is 2.31. The molecule has 106 valence electrons. The fraction of sp³-hybridized carbons (Fsp3) is 0.200. The van der Waals surface area contributed by atoms with Crippen molar-refractivity contribution in [3.05, 3.63) is 62.8 Å². The predicted octanol–water partition coefficient (Wildman–Crippen LogP) is 4.53. The van der Waals surface area contributed by atoms with Crippen molar-refractivity contribution in [1.82, 2.24) is 0 Å². The summed E-state index contributed by atoms with van der Waals surface area (Å²) in [5.41, 5.74) is 1.02. The van der Waals surface area contributed by atoms with Crippen LogP contribution in [0.1, 0.15) is 17.2 Å². The molecule has 0 spiro atoms. The molecule has 1 atom stereocenters. The molecule has 0 radical (unpaired) electrons. The molecule has 0 aliphatic heterocycles. The number of methoxy groups -OCH3 is 1. The van der Waals surface area contributed by atoms with Crippen molar-refractivity contribution in [1.29, 1.82) is 0 Å². The molecule has 2 aromatic rings. The third kappa shape index (κ3) is 3.51. The number of hydrogen-bond acceptors (Lipinski definition) is 2. The highest BCUT2D eigenvalue weighted by Gasteiger charge is 2.16. The zero-order valence-electron chi connectivity index (χ0n) is 10.7. The molecule has 0 saturated carbocycles. The molecule has 0 bridgehead atoms. The number of benzene rings is 2. The molecule has 0 aliphatic carbocycles. The minimum atomic E-state index is -0.863. The molecule has 0 fully saturated rings. The lowest BCUT2D eigenvalue weighted by Gasteiger charge is -2.15. The summed E-state index contributed by atoms with van der Waals surface area (Å²) in [6.45, 7) is 0. The maximum Gasteiger partial charge on any atom is 0.127 e. The SMILES string of the molecule is COc1cc(Cl)ccc1C(O)Cc1ccc(Br)cc1F. The lowest BCUT2D eigenvalue weighted by Crippen LogP contribution is -2.05. The molecule has 2 rings (SSSR count). The number of aliphatic hydroxyl groups excluding tert-OH is 1. The molecule has 0 aliphatic rings. The van der Waals surface area contributed by atoms with E-state index in [1.165, 1.54) is 13.2 Å². The Kier molecular flexibility index (Phi) is 5.02. The summed E-state index contributed by atoms with van der Waals surface area (Å²) in [6.07, 6.45) is -0.699. The van der Waals surface area contributed by atoms with Gasteiger partial charge >= 0.3 is 0 Å². The Balaban J connectivity index is 2.25. The summed E-state index contributed by atoms with van der Waals surface area (Å²) in [7, 11) is 1.50. The first kappa shape index (κ1) is 15.3. The second kappa shape index (κ2) is 6.57. The van der Waals surface area contributed by atoms with E-state index in [0.29, 0.717) is 26.4 Å². The molecule has 2 nitrogen and oxygen atoms in total. The van der Waals surface area contributed by atoms with Gasteiger partial charge in [-0.3, -0.25) is 0 Å². The molecule has 1 unspecified atom stereocenters. The summed E-state index contributed by atoms with van der Waals surface area (Å²) in [5.74, 6) is 0.133. The van der Waals surface area contributed by atoms with E-state index in [1.807, 2.05) is 0 Å². The van der Waals surface area contributed by atoms with Crippen LogP contribution in [0.4, 0.5) is 4.39 Å². The number of hydrogen-bond donors (Lipinski definition) is 1. The van der Waals surface area contributed by atoms with E-state index in [0.717, 1.165) is 0 Å². The van der Waals surface area contributed by atoms with Crippen molar-refractivity contribution in [2.45, 2.75) is 12.5 Å². The van der Waals surface area contributed by atoms with Crippen molar-refractivity contribution >= 4 is 27.5 Å². The average molecular weight is 360 g/mol. The van der Waals surface area contributed by atoms with Gasteiger partial charge in [0, 0.05) is 21.5 Å². The standard InChI is InChI=1S/C15H13BrClFO2/c1-20-15-8-11(17)4-5-12(15)14(19)6-9-2-3-10(16)7-13(9)18/h2-5,7-8,14,19H,6H2,1H3. The van der Waals surface area contributed by atoms with Gasteiger partial charge in [0.2, 0.25) is 0 Å². The van der Waals surface area contributed by atoms with Crippen LogP contribution >= 0.6 is 27.5 Å². The molecule has 0 saturated heterocycles. The van der Waals surface area contributed by atoms with Crippen LogP contribution in [-0.2, 0) is 6.42 Å². The fourth-order valence-electron chi connectivity index (χ4n) is 1.97.